The first-order valence-electron chi connectivity index (χ1n) is 18.7. The van der Waals surface area contributed by atoms with Gasteiger partial charge in [0.05, 0.1) is 13.1 Å². The summed E-state index contributed by atoms with van der Waals surface area (Å²) in [6.07, 6.45) is 29.9. The Labute approximate surface area is 303 Å². The second-order valence-electron chi connectivity index (χ2n) is 13.1. The monoisotopic (exact) mass is 713 g/mol. The summed E-state index contributed by atoms with van der Waals surface area (Å²) in [7, 11) is 0. The lowest BCUT2D eigenvalue weighted by Gasteiger charge is -2.25. The molecule has 0 aromatic heterocycles. The number of carbonyl (C=O) groups is 2. The van der Waals surface area contributed by atoms with Crippen LogP contribution >= 0.6 is 0 Å². The fourth-order valence-electron chi connectivity index (χ4n) is 5.69. The van der Waals surface area contributed by atoms with Crippen molar-refractivity contribution in [2.45, 2.75) is 187 Å². The molecule has 0 saturated carbocycles. The van der Waals surface area contributed by atoms with Gasteiger partial charge in [-0.1, -0.05) is 150 Å². The van der Waals surface area contributed by atoms with Gasteiger partial charge in [-0.15, -0.1) is 0 Å². The zero-order valence-electron chi connectivity index (χ0n) is 30.0. The topological polar surface area (TPSA) is 171 Å². The number of nitrogens with zero attached hydrogens (tertiary/aromatic N) is 1. The van der Waals surface area contributed by atoms with Gasteiger partial charge in [0.2, 0.25) is 0 Å². The third-order valence-electron chi connectivity index (χ3n) is 8.68. The van der Waals surface area contributed by atoms with E-state index >= 15 is 0 Å². The second-order valence-corrected chi connectivity index (χ2v) is 13.1. The number of amides is 2. The van der Waals surface area contributed by atoms with E-state index in [-0.39, 0.29) is 62.6 Å². The number of guanidine groups is 1. The molecule has 0 aliphatic rings. The van der Waals surface area contributed by atoms with Gasteiger partial charge in [-0.2, -0.15) is 0 Å². The van der Waals surface area contributed by atoms with Crippen molar-refractivity contribution in [3.63, 3.8) is 0 Å². The van der Waals surface area contributed by atoms with E-state index in [1.54, 1.807) is 0 Å². The number of carbonyl (C=O) groups excluding carboxylic acids is 2. The Morgan fingerprint density at radius 2 is 0.979 bits per heavy atom. The Hall–Kier alpha value is -1.29. The van der Waals surface area contributed by atoms with Crippen LogP contribution in [0, 0.1) is 0 Å². The van der Waals surface area contributed by atoms with Crippen LogP contribution in [0.15, 0.2) is 0 Å². The van der Waals surface area contributed by atoms with Crippen LogP contribution in [0.5, 0.6) is 0 Å². The molecule has 0 saturated heterocycles. The van der Waals surface area contributed by atoms with Crippen molar-refractivity contribution in [1.29, 1.82) is 0 Å². The van der Waals surface area contributed by atoms with Crippen LogP contribution < -0.4 is 58.1 Å². The summed E-state index contributed by atoms with van der Waals surface area (Å²) in [5, 5.41) is 2.90. The minimum atomic E-state index is -0.486. The average molecular weight is 714 g/mol. The molecule has 12 N–H and O–H groups in total. The molecular weight excluding hydrogens is 633 g/mol. The molecule has 0 aliphatic heterocycles. The molecule has 2 atom stereocenters. The minimum Gasteiger partial charge on any atom is -1.00 e. The highest BCUT2D eigenvalue weighted by atomic mass is 35.5. The van der Waals surface area contributed by atoms with Crippen LogP contribution in [0.4, 0.5) is 0 Å². The lowest BCUT2D eigenvalue weighted by molar-refractivity contribution is -0.463. The lowest BCUT2D eigenvalue weighted by atomic mass is 10.0. The van der Waals surface area contributed by atoms with Crippen molar-refractivity contribution in [3.05, 3.63) is 0 Å². The number of hydrogen-bond donors (Lipinski definition) is 6. The lowest BCUT2D eigenvalue weighted by Crippen LogP contribution is -3.00. The van der Waals surface area contributed by atoms with Gasteiger partial charge >= 0.3 is 5.96 Å². The van der Waals surface area contributed by atoms with Gasteiger partial charge < -0.3 is 46.5 Å². The van der Waals surface area contributed by atoms with E-state index in [4.69, 9.17) is 11.5 Å². The average Bonchev–Trinajstić information content (AvgIpc) is 3.01. The maximum atomic E-state index is 13.4. The minimum absolute atomic E-state index is 0. The number of halogens is 2. The summed E-state index contributed by atoms with van der Waals surface area (Å²) in [5.74, 6) is 0.0979. The molecule has 11 heteroatoms. The normalized spacial score (nSPS) is 11.7. The van der Waals surface area contributed by atoms with E-state index < -0.39 is 6.04 Å². The molecule has 0 aliphatic carbocycles. The molecule has 47 heavy (non-hydrogen) atoms. The SMILES string of the molecule is C.CCCCCCCCCCCCCCN(CCCCCCCCCCCC)C(=O)C([NH3+])CNC(=O)C([NH3+])CCC[NH+]=C(N)N.[Cl-].[Cl-]. The van der Waals surface area contributed by atoms with Gasteiger partial charge in [0.25, 0.3) is 11.8 Å². The van der Waals surface area contributed by atoms with Gasteiger partial charge in [-0.05, 0) is 19.3 Å². The zero-order valence-corrected chi connectivity index (χ0v) is 31.6. The first kappa shape index (κ1) is 52.5. The highest BCUT2D eigenvalue weighted by Crippen LogP contribution is 2.14. The first-order chi connectivity index (χ1) is 21.3. The predicted molar refractivity (Wildman–Crippen MR) is 191 cm³/mol. The molecule has 9 nitrogen and oxygen atoms in total. The molecule has 0 fully saturated rings. The number of rotatable bonds is 32. The Morgan fingerprint density at radius 1 is 0.617 bits per heavy atom. The predicted octanol–water partition coefficient (Wildman–Crippen LogP) is -2.45. The van der Waals surface area contributed by atoms with E-state index in [1.165, 1.54) is 128 Å². The maximum absolute atomic E-state index is 13.4. The quantitative estimate of drug-likeness (QED) is 0.0259. The summed E-state index contributed by atoms with van der Waals surface area (Å²) in [4.78, 5) is 30.8. The van der Waals surface area contributed by atoms with Crippen molar-refractivity contribution in [1.82, 2.24) is 10.2 Å². The molecule has 0 heterocycles. The molecule has 2 amide bonds. The maximum Gasteiger partial charge on any atom is 0.338 e. The summed E-state index contributed by atoms with van der Waals surface area (Å²) in [5.41, 5.74) is 18.9. The van der Waals surface area contributed by atoms with Crippen LogP contribution in [0.2, 0.25) is 0 Å². The van der Waals surface area contributed by atoms with Crippen molar-refractivity contribution >= 4 is 17.8 Å². The van der Waals surface area contributed by atoms with Crippen molar-refractivity contribution < 1.29 is 50.9 Å². The summed E-state index contributed by atoms with van der Waals surface area (Å²) in [6.45, 7) is 6.97. The molecule has 0 rings (SSSR count). The largest absolute Gasteiger partial charge is 1.00 e. The first-order valence-corrected chi connectivity index (χ1v) is 18.7. The highest BCUT2D eigenvalue weighted by Gasteiger charge is 2.26. The van der Waals surface area contributed by atoms with E-state index in [0.29, 0.717) is 13.0 Å². The van der Waals surface area contributed by atoms with Gasteiger partial charge in [-0.25, -0.2) is 0 Å². The molecule has 0 bridgehead atoms. The highest BCUT2D eigenvalue weighted by molar-refractivity contribution is 5.83. The third kappa shape index (κ3) is 34.4. The smallest absolute Gasteiger partial charge is 0.338 e. The van der Waals surface area contributed by atoms with E-state index in [9.17, 15) is 9.59 Å². The van der Waals surface area contributed by atoms with Crippen molar-refractivity contribution in [2.75, 3.05) is 26.2 Å². The fraction of sp³-hybridized carbons (Fsp3) is 0.917. The van der Waals surface area contributed by atoms with E-state index in [0.717, 1.165) is 32.4 Å². The van der Waals surface area contributed by atoms with Gasteiger partial charge in [0.1, 0.15) is 0 Å². The number of hydrogen-bond acceptors (Lipinski definition) is 2. The van der Waals surface area contributed by atoms with Crippen molar-refractivity contribution in [3.8, 4) is 0 Å². The molecule has 0 aromatic carbocycles. The summed E-state index contributed by atoms with van der Waals surface area (Å²) in [6, 6.07) is -0.873. The summed E-state index contributed by atoms with van der Waals surface area (Å²) >= 11 is 0. The Balaban J connectivity index is -0.00000308. The van der Waals surface area contributed by atoms with Gasteiger partial charge in [-0.3, -0.25) is 26.0 Å². The molecule has 284 valence electrons. The van der Waals surface area contributed by atoms with Crippen LogP contribution in [-0.2, 0) is 9.59 Å². The number of unbranched alkanes of at least 4 members (excludes halogenated alkanes) is 20. The molecule has 0 radical (unpaired) electrons. The Morgan fingerprint density at radius 3 is 1.34 bits per heavy atom. The Kier molecular flexibility index (Phi) is 43.8. The van der Waals surface area contributed by atoms with E-state index in [2.05, 4.69) is 35.6 Å². The van der Waals surface area contributed by atoms with Gasteiger partial charge in [0, 0.05) is 19.5 Å². The molecular formula is C36H80Cl2N7O2+. The number of nitrogens with two attached hydrogens (primary N) is 2. The van der Waals surface area contributed by atoms with E-state index in [1.807, 2.05) is 4.90 Å². The molecule has 0 aromatic rings. The van der Waals surface area contributed by atoms with Crippen LogP contribution in [0.25, 0.3) is 0 Å². The number of nitrogens with one attached hydrogen (secondary N) is 2. The number of quaternary nitrogens is 2. The third-order valence-corrected chi connectivity index (χ3v) is 8.68. The van der Waals surface area contributed by atoms with Crippen LogP contribution in [-0.4, -0.2) is 60.9 Å². The fourth-order valence-corrected chi connectivity index (χ4v) is 5.69. The van der Waals surface area contributed by atoms with Crippen molar-refractivity contribution in [2.24, 2.45) is 11.5 Å². The Bertz CT molecular complexity index is 713. The molecule has 0 spiro atoms. The van der Waals surface area contributed by atoms with Gasteiger partial charge in [0.15, 0.2) is 12.1 Å². The second kappa shape index (κ2) is 39.2. The van der Waals surface area contributed by atoms with Crippen LogP contribution in [0.1, 0.15) is 175 Å². The standard InChI is InChI=1S/C35H73N7O2.CH4.2ClH/c1-3-5-7-9-11-13-15-16-18-20-22-24-29-42(28-23-21-19-17-14-12-10-8-6-4-2)34(44)32(37)30-41-33(43)31(36)26-25-27-40-35(38)39;;;/h31-32H,3-30,36-37H2,1-2H3,(H,41,43)(H4,38,39,40);1H4;2*1H/p+1. The molecule has 2 unspecified atom stereocenters. The zero-order chi connectivity index (χ0) is 32.7. The summed E-state index contributed by atoms with van der Waals surface area (Å²) < 4.78 is 0. The van der Waals surface area contributed by atoms with Crippen LogP contribution in [0.3, 0.4) is 0 Å².